The van der Waals surface area contributed by atoms with Crippen LogP contribution in [-0.4, -0.2) is 22.3 Å². The maximum absolute atomic E-state index is 13.0. The van der Waals surface area contributed by atoms with Crippen LogP contribution in [0, 0.1) is 5.92 Å². The molecule has 0 spiro atoms. The average Bonchev–Trinajstić information content (AvgIpc) is 3.19. The third-order valence-corrected chi connectivity index (χ3v) is 5.61. The minimum atomic E-state index is 0.0426. The molecule has 0 aliphatic carbocycles. The lowest BCUT2D eigenvalue weighted by Gasteiger charge is -2.24. The van der Waals surface area contributed by atoms with E-state index in [2.05, 4.69) is 33.8 Å². The van der Waals surface area contributed by atoms with Crippen molar-refractivity contribution in [2.45, 2.75) is 46.8 Å². The summed E-state index contributed by atoms with van der Waals surface area (Å²) < 4.78 is 6.05. The van der Waals surface area contributed by atoms with Gasteiger partial charge in [0.2, 0.25) is 0 Å². The van der Waals surface area contributed by atoms with E-state index in [1.807, 2.05) is 58.8 Å². The van der Waals surface area contributed by atoms with E-state index in [9.17, 15) is 4.79 Å². The second-order valence-electron chi connectivity index (χ2n) is 8.16. The van der Waals surface area contributed by atoms with Crippen LogP contribution in [0.1, 0.15) is 60.2 Å². The number of amides is 1. The van der Waals surface area contributed by atoms with Crippen molar-refractivity contribution in [3.8, 4) is 5.75 Å². The number of ether oxygens (including phenoxy) is 1. The normalized spacial score (nSPS) is 11.1. The molecule has 0 aliphatic rings. The highest BCUT2D eigenvalue weighted by Crippen LogP contribution is 2.27. The van der Waals surface area contributed by atoms with Gasteiger partial charge in [0.05, 0.1) is 12.2 Å². The molecule has 1 amide bonds. The molecule has 1 heterocycles. The van der Waals surface area contributed by atoms with Crippen LogP contribution in [0.25, 0.3) is 0 Å². The molecule has 0 atom stereocenters. The van der Waals surface area contributed by atoms with Gasteiger partial charge < -0.3 is 9.64 Å². The van der Waals surface area contributed by atoms with E-state index in [4.69, 9.17) is 9.72 Å². The summed E-state index contributed by atoms with van der Waals surface area (Å²) in [5.74, 6) is 1.74. The van der Waals surface area contributed by atoms with Crippen LogP contribution in [0.2, 0.25) is 0 Å². The van der Waals surface area contributed by atoms with Crippen molar-refractivity contribution >= 4 is 17.2 Å². The van der Waals surface area contributed by atoms with E-state index < -0.39 is 0 Å². The van der Waals surface area contributed by atoms with Crippen molar-refractivity contribution in [2.75, 3.05) is 6.54 Å². The van der Waals surface area contributed by atoms with Gasteiger partial charge in [-0.3, -0.25) is 4.79 Å². The Morgan fingerprint density at radius 3 is 2.43 bits per heavy atom. The SMILES string of the molecule is CC(C)CN(Cc1csc(COc2ccccc2C(C)C)n1)C(=O)c1ccccc1. The topological polar surface area (TPSA) is 42.4 Å². The van der Waals surface area contributed by atoms with Crippen molar-refractivity contribution in [1.29, 1.82) is 0 Å². The van der Waals surface area contributed by atoms with Crippen LogP contribution in [0.5, 0.6) is 5.75 Å². The predicted octanol–water partition coefficient (Wildman–Crippen LogP) is 6.14. The largest absolute Gasteiger partial charge is 0.486 e. The van der Waals surface area contributed by atoms with Gasteiger partial charge in [0.1, 0.15) is 17.4 Å². The van der Waals surface area contributed by atoms with E-state index in [-0.39, 0.29) is 5.91 Å². The number of carbonyl (C=O) groups excluding carboxylic acids is 1. The summed E-state index contributed by atoms with van der Waals surface area (Å²) in [6.45, 7) is 10.2. The molecule has 0 saturated heterocycles. The monoisotopic (exact) mass is 422 g/mol. The Bertz CT molecular complexity index is 951. The Labute approximate surface area is 183 Å². The number of hydrogen-bond acceptors (Lipinski definition) is 4. The maximum Gasteiger partial charge on any atom is 0.254 e. The summed E-state index contributed by atoms with van der Waals surface area (Å²) in [5, 5.41) is 2.94. The Balaban J connectivity index is 1.67. The number of para-hydroxylation sites is 1. The summed E-state index contributed by atoms with van der Waals surface area (Å²) >= 11 is 1.58. The summed E-state index contributed by atoms with van der Waals surface area (Å²) in [7, 11) is 0. The van der Waals surface area contributed by atoms with Crippen molar-refractivity contribution < 1.29 is 9.53 Å². The van der Waals surface area contributed by atoms with Crippen molar-refractivity contribution in [1.82, 2.24) is 9.88 Å². The molecule has 30 heavy (non-hydrogen) atoms. The van der Waals surface area contributed by atoms with Gasteiger partial charge in [0.15, 0.2) is 0 Å². The van der Waals surface area contributed by atoms with E-state index in [1.54, 1.807) is 11.3 Å². The van der Waals surface area contributed by atoms with Crippen LogP contribution in [0.4, 0.5) is 0 Å². The minimum Gasteiger partial charge on any atom is -0.486 e. The number of hydrogen-bond donors (Lipinski definition) is 0. The van der Waals surface area contributed by atoms with Gasteiger partial charge >= 0.3 is 0 Å². The fourth-order valence-corrected chi connectivity index (χ4v) is 4.03. The molecule has 0 radical (unpaired) electrons. The first-order valence-corrected chi connectivity index (χ1v) is 11.3. The number of thiazole rings is 1. The van der Waals surface area contributed by atoms with Crippen molar-refractivity contribution in [3.05, 3.63) is 81.8 Å². The van der Waals surface area contributed by atoms with Gasteiger partial charge in [0.25, 0.3) is 5.91 Å². The minimum absolute atomic E-state index is 0.0426. The van der Waals surface area contributed by atoms with Crippen LogP contribution < -0.4 is 4.74 Å². The molecule has 0 aliphatic heterocycles. The van der Waals surface area contributed by atoms with Crippen LogP contribution in [-0.2, 0) is 13.2 Å². The third-order valence-electron chi connectivity index (χ3n) is 4.74. The highest BCUT2D eigenvalue weighted by molar-refractivity contribution is 7.09. The number of aromatic nitrogens is 1. The smallest absolute Gasteiger partial charge is 0.254 e. The molecule has 2 aromatic carbocycles. The Morgan fingerprint density at radius 2 is 1.73 bits per heavy atom. The van der Waals surface area contributed by atoms with Crippen molar-refractivity contribution in [3.63, 3.8) is 0 Å². The lowest BCUT2D eigenvalue weighted by molar-refractivity contribution is 0.0720. The molecule has 3 aromatic rings. The lowest BCUT2D eigenvalue weighted by Crippen LogP contribution is -2.33. The third kappa shape index (κ3) is 5.92. The standard InChI is InChI=1S/C25H30N2O2S/c1-18(2)14-27(25(28)20-10-6-5-7-11-20)15-21-17-30-24(26-21)16-29-23-13-9-8-12-22(23)19(3)4/h5-13,17-19H,14-16H2,1-4H3. The van der Waals surface area contributed by atoms with Crippen LogP contribution >= 0.6 is 11.3 Å². The van der Waals surface area contributed by atoms with Gasteiger partial charge in [-0.2, -0.15) is 0 Å². The number of nitrogens with zero attached hydrogens (tertiary/aromatic N) is 2. The van der Waals surface area contributed by atoms with Gasteiger partial charge in [-0.1, -0.05) is 64.1 Å². The molecule has 1 aromatic heterocycles. The molecule has 5 heteroatoms. The zero-order valence-electron chi connectivity index (χ0n) is 18.2. The van der Waals surface area contributed by atoms with E-state index in [1.165, 1.54) is 5.56 Å². The number of rotatable bonds is 9. The first kappa shape index (κ1) is 22.0. The first-order chi connectivity index (χ1) is 14.4. The fraction of sp³-hybridized carbons (Fsp3) is 0.360. The molecule has 158 valence electrons. The summed E-state index contributed by atoms with van der Waals surface area (Å²) in [4.78, 5) is 19.6. The molecule has 0 N–H and O–H groups in total. The van der Waals surface area contributed by atoms with Gasteiger partial charge in [0, 0.05) is 17.5 Å². The van der Waals surface area contributed by atoms with Crippen LogP contribution in [0.15, 0.2) is 60.0 Å². The predicted molar refractivity (Wildman–Crippen MR) is 123 cm³/mol. The summed E-state index contributed by atoms with van der Waals surface area (Å²) in [5.41, 5.74) is 2.81. The average molecular weight is 423 g/mol. The lowest BCUT2D eigenvalue weighted by atomic mass is 10.0. The zero-order chi connectivity index (χ0) is 21.5. The molecule has 3 rings (SSSR count). The molecule has 0 saturated carbocycles. The molecule has 0 fully saturated rings. The highest BCUT2D eigenvalue weighted by Gasteiger charge is 2.18. The summed E-state index contributed by atoms with van der Waals surface area (Å²) in [6.07, 6.45) is 0. The van der Waals surface area contributed by atoms with Gasteiger partial charge in [-0.15, -0.1) is 11.3 Å². The van der Waals surface area contributed by atoms with E-state index in [0.717, 1.165) is 16.5 Å². The number of carbonyl (C=O) groups is 1. The fourth-order valence-electron chi connectivity index (χ4n) is 3.34. The molecule has 0 unspecified atom stereocenters. The van der Waals surface area contributed by atoms with Crippen molar-refractivity contribution in [2.24, 2.45) is 5.92 Å². The van der Waals surface area contributed by atoms with E-state index in [0.29, 0.717) is 37.1 Å². The van der Waals surface area contributed by atoms with Crippen LogP contribution in [0.3, 0.4) is 0 Å². The first-order valence-electron chi connectivity index (χ1n) is 10.4. The molecule has 0 bridgehead atoms. The quantitative estimate of drug-likeness (QED) is 0.416. The highest BCUT2D eigenvalue weighted by atomic mass is 32.1. The second-order valence-corrected chi connectivity index (χ2v) is 9.10. The molecular weight excluding hydrogens is 392 g/mol. The Morgan fingerprint density at radius 1 is 1.03 bits per heavy atom. The van der Waals surface area contributed by atoms with Gasteiger partial charge in [-0.25, -0.2) is 4.98 Å². The zero-order valence-corrected chi connectivity index (χ0v) is 19.0. The number of benzene rings is 2. The molecular formula is C25H30N2O2S. The second kappa shape index (κ2) is 10.4. The Kier molecular flexibility index (Phi) is 7.63. The van der Waals surface area contributed by atoms with Gasteiger partial charge in [-0.05, 0) is 35.6 Å². The Hall–Kier alpha value is -2.66. The maximum atomic E-state index is 13.0. The summed E-state index contributed by atoms with van der Waals surface area (Å²) in [6, 6.07) is 17.6. The molecule has 4 nitrogen and oxygen atoms in total. The van der Waals surface area contributed by atoms with E-state index >= 15 is 0 Å².